The third-order valence-electron chi connectivity index (χ3n) is 4.90. The SMILES string of the molecule is CCN(CC)C(=O)c1cccc(NC(=S)NC(=O)Cc2cccc3ccccc23)c1. The molecule has 3 aromatic rings. The lowest BCUT2D eigenvalue weighted by Crippen LogP contribution is -2.35. The number of carbonyl (C=O) groups excluding carboxylic acids is 2. The van der Waals surface area contributed by atoms with E-state index in [1.807, 2.05) is 62.4 Å². The van der Waals surface area contributed by atoms with Crippen molar-refractivity contribution >= 4 is 45.6 Å². The summed E-state index contributed by atoms with van der Waals surface area (Å²) in [7, 11) is 0. The fourth-order valence-electron chi connectivity index (χ4n) is 3.38. The fraction of sp³-hybridized carbons (Fsp3) is 0.208. The number of anilines is 1. The molecule has 0 fully saturated rings. The predicted octanol–water partition coefficient (Wildman–Crippen LogP) is 4.38. The van der Waals surface area contributed by atoms with Crippen LogP contribution < -0.4 is 10.6 Å². The first-order chi connectivity index (χ1) is 14.5. The van der Waals surface area contributed by atoms with Gasteiger partial charge >= 0.3 is 0 Å². The Hall–Kier alpha value is -3.25. The van der Waals surface area contributed by atoms with Crippen LogP contribution in [0.15, 0.2) is 66.7 Å². The Morgan fingerprint density at radius 1 is 0.933 bits per heavy atom. The van der Waals surface area contributed by atoms with Crippen molar-refractivity contribution in [2.75, 3.05) is 18.4 Å². The van der Waals surface area contributed by atoms with Crippen LogP contribution in [0.2, 0.25) is 0 Å². The Labute approximate surface area is 182 Å². The van der Waals surface area contributed by atoms with E-state index < -0.39 is 0 Å². The zero-order valence-corrected chi connectivity index (χ0v) is 18.0. The fourth-order valence-corrected chi connectivity index (χ4v) is 3.61. The zero-order chi connectivity index (χ0) is 21.5. The zero-order valence-electron chi connectivity index (χ0n) is 17.1. The third kappa shape index (κ3) is 5.21. The molecule has 0 aromatic heterocycles. The summed E-state index contributed by atoms with van der Waals surface area (Å²) >= 11 is 5.29. The van der Waals surface area contributed by atoms with Crippen molar-refractivity contribution in [1.29, 1.82) is 0 Å². The van der Waals surface area contributed by atoms with Crippen molar-refractivity contribution in [1.82, 2.24) is 10.2 Å². The summed E-state index contributed by atoms with van der Waals surface area (Å²) in [6, 6.07) is 21.0. The number of nitrogens with zero attached hydrogens (tertiary/aromatic N) is 1. The van der Waals surface area contributed by atoms with Crippen LogP contribution in [0.25, 0.3) is 10.8 Å². The van der Waals surface area contributed by atoms with Gasteiger partial charge in [-0.1, -0.05) is 48.5 Å². The molecule has 0 saturated heterocycles. The van der Waals surface area contributed by atoms with E-state index in [0.717, 1.165) is 16.3 Å². The van der Waals surface area contributed by atoms with Gasteiger partial charge in [-0.25, -0.2) is 0 Å². The molecule has 0 aliphatic carbocycles. The Kier molecular flexibility index (Phi) is 7.14. The Morgan fingerprint density at radius 2 is 1.63 bits per heavy atom. The number of nitrogens with one attached hydrogen (secondary N) is 2. The summed E-state index contributed by atoms with van der Waals surface area (Å²) in [4.78, 5) is 26.8. The maximum atomic E-state index is 12.5. The second kappa shape index (κ2) is 9.98. The van der Waals surface area contributed by atoms with Gasteiger partial charge in [0.25, 0.3) is 5.91 Å². The number of fused-ring (bicyclic) bond motifs is 1. The number of thiocarbonyl (C=S) groups is 1. The first kappa shape index (κ1) is 21.5. The first-order valence-electron chi connectivity index (χ1n) is 9.98. The van der Waals surface area contributed by atoms with E-state index in [1.54, 1.807) is 23.1 Å². The predicted molar refractivity (Wildman–Crippen MR) is 126 cm³/mol. The molecule has 6 heteroatoms. The van der Waals surface area contributed by atoms with Crippen LogP contribution in [0, 0.1) is 0 Å². The normalized spacial score (nSPS) is 10.5. The summed E-state index contributed by atoms with van der Waals surface area (Å²) in [5.74, 6) is -0.228. The molecule has 0 bridgehead atoms. The maximum absolute atomic E-state index is 12.5. The highest BCUT2D eigenvalue weighted by atomic mass is 32.1. The smallest absolute Gasteiger partial charge is 0.253 e. The van der Waals surface area contributed by atoms with Crippen molar-refractivity contribution in [3.63, 3.8) is 0 Å². The van der Waals surface area contributed by atoms with E-state index in [1.165, 1.54) is 0 Å². The lowest BCUT2D eigenvalue weighted by Gasteiger charge is -2.19. The van der Waals surface area contributed by atoms with Crippen LogP contribution in [-0.2, 0) is 11.2 Å². The van der Waals surface area contributed by atoms with Crippen LogP contribution in [0.1, 0.15) is 29.8 Å². The van der Waals surface area contributed by atoms with Gasteiger partial charge in [0.05, 0.1) is 6.42 Å². The summed E-state index contributed by atoms with van der Waals surface area (Å²) in [6.07, 6.45) is 0.226. The van der Waals surface area contributed by atoms with Gasteiger partial charge in [-0.15, -0.1) is 0 Å². The summed E-state index contributed by atoms with van der Waals surface area (Å²) in [5, 5.41) is 8.07. The van der Waals surface area contributed by atoms with Gasteiger partial charge in [0.15, 0.2) is 5.11 Å². The van der Waals surface area contributed by atoms with Crippen LogP contribution in [-0.4, -0.2) is 34.9 Å². The molecule has 154 valence electrons. The second-order valence-corrected chi connectivity index (χ2v) is 7.28. The molecule has 3 rings (SSSR count). The van der Waals surface area contributed by atoms with E-state index in [9.17, 15) is 9.59 Å². The minimum atomic E-state index is -0.195. The summed E-state index contributed by atoms with van der Waals surface area (Å²) < 4.78 is 0. The Balaban J connectivity index is 1.63. The monoisotopic (exact) mass is 419 g/mol. The Bertz CT molecular complexity index is 1070. The molecule has 0 radical (unpaired) electrons. The molecule has 2 N–H and O–H groups in total. The molecule has 0 spiro atoms. The number of rotatable bonds is 6. The largest absolute Gasteiger partial charge is 0.339 e. The van der Waals surface area contributed by atoms with E-state index in [0.29, 0.717) is 24.3 Å². The molecule has 0 unspecified atom stereocenters. The summed E-state index contributed by atoms with van der Waals surface area (Å²) in [5.41, 5.74) is 2.18. The van der Waals surface area contributed by atoms with Crippen molar-refractivity contribution in [2.24, 2.45) is 0 Å². The van der Waals surface area contributed by atoms with Crippen molar-refractivity contribution in [3.8, 4) is 0 Å². The molecule has 0 heterocycles. The van der Waals surface area contributed by atoms with Gasteiger partial charge < -0.3 is 15.5 Å². The summed E-state index contributed by atoms with van der Waals surface area (Å²) in [6.45, 7) is 5.19. The van der Waals surface area contributed by atoms with Gasteiger partial charge in [0.2, 0.25) is 5.91 Å². The number of benzene rings is 3. The molecule has 30 heavy (non-hydrogen) atoms. The van der Waals surface area contributed by atoms with Gasteiger partial charge in [-0.05, 0) is 60.6 Å². The first-order valence-corrected chi connectivity index (χ1v) is 10.4. The number of carbonyl (C=O) groups is 2. The lowest BCUT2D eigenvalue weighted by atomic mass is 10.0. The van der Waals surface area contributed by atoms with Gasteiger partial charge in [-0.3, -0.25) is 9.59 Å². The number of hydrogen-bond donors (Lipinski definition) is 2. The highest BCUT2D eigenvalue weighted by Crippen LogP contribution is 2.19. The molecule has 2 amide bonds. The molecule has 0 saturated carbocycles. The van der Waals surface area contributed by atoms with E-state index in [4.69, 9.17) is 12.2 Å². The molecular weight excluding hydrogens is 394 g/mol. The van der Waals surface area contributed by atoms with Crippen molar-refractivity contribution in [2.45, 2.75) is 20.3 Å². The highest BCUT2D eigenvalue weighted by molar-refractivity contribution is 7.80. The number of hydrogen-bond acceptors (Lipinski definition) is 3. The highest BCUT2D eigenvalue weighted by Gasteiger charge is 2.13. The van der Waals surface area contributed by atoms with Crippen molar-refractivity contribution < 1.29 is 9.59 Å². The average molecular weight is 420 g/mol. The second-order valence-electron chi connectivity index (χ2n) is 6.88. The lowest BCUT2D eigenvalue weighted by molar-refractivity contribution is -0.119. The van der Waals surface area contributed by atoms with Gasteiger partial charge in [0, 0.05) is 24.3 Å². The minimum Gasteiger partial charge on any atom is -0.339 e. The van der Waals surface area contributed by atoms with Crippen LogP contribution in [0.4, 0.5) is 5.69 Å². The van der Waals surface area contributed by atoms with E-state index in [2.05, 4.69) is 10.6 Å². The average Bonchev–Trinajstić information content (AvgIpc) is 2.75. The molecular formula is C24H25N3O2S. The minimum absolute atomic E-state index is 0.0328. The molecule has 3 aromatic carbocycles. The molecule has 0 aliphatic heterocycles. The van der Waals surface area contributed by atoms with Crippen LogP contribution in [0.3, 0.4) is 0 Å². The molecule has 0 atom stereocenters. The van der Waals surface area contributed by atoms with E-state index in [-0.39, 0.29) is 23.3 Å². The topological polar surface area (TPSA) is 61.4 Å². The third-order valence-corrected chi connectivity index (χ3v) is 5.11. The number of amides is 2. The van der Waals surface area contributed by atoms with Gasteiger partial charge in [0.1, 0.15) is 0 Å². The van der Waals surface area contributed by atoms with E-state index >= 15 is 0 Å². The van der Waals surface area contributed by atoms with Gasteiger partial charge in [-0.2, -0.15) is 0 Å². The Morgan fingerprint density at radius 3 is 2.40 bits per heavy atom. The van der Waals surface area contributed by atoms with Crippen LogP contribution in [0.5, 0.6) is 0 Å². The standard InChI is InChI=1S/C24H25N3O2S/c1-3-27(4-2)23(29)19-12-8-13-20(15-19)25-24(30)26-22(28)16-18-11-7-10-17-9-5-6-14-21(17)18/h5-15H,3-4,16H2,1-2H3,(H2,25,26,28,30). The van der Waals surface area contributed by atoms with Crippen LogP contribution >= 0.6 is 12.2 Å². The maximum Gasteiger partial charge on any atom is 0.253 e. The molecule has 5 nitrogen and oxygen atoms in total. The quantitative estimate of drug-likeness (QED) is 0.582. The molecule has 0 aliphatic rings. The van der Waals surface area contributed by atoms with Crippen molar-refractivity contribution in [3.05, 3.63) is 77.9 Å².